The smallest absolute Gasteiger partial charge is 0.123 e. The van der Waals surface area contributed by atoms with Crippen LogP contribution >= 0.6 is 11.6 Å². The van der Waals surface area contributed by atoms with Crippen molar-refractivity contribution in [1.29, 1.82) is 0 Å². The number of hydrogen-bond donors (Lipinski definition) is 0. The largest absolute Gasteiger partial charge is 0.256 e. The van der Waals surface area contributed by atoms with E-state index in [0.29, 0.717) is 11.4 Å². The summed E-state index contributed by atoms with van der Waals surface area (Å²) in [6, 6.07) is 20.0. The van der Waals surface area contributed by atoms with Crippen molar-refractivity contribution in [2.75, 3.05) is 5.01 Å². The van der Waals surface area contributed by atoms with Crippen molar-refractivity contribution in [2.24, 2.45) is 5.10 Å². The number of rotatable bonds is 3. The maximum absolute atomic E-state index is 13.3. The molecule has 1 aliphatic heterocycles. The van der Waals surface area contributed by atoms with Crippen LogP contribution < -0.4 is 5.01 Å². The third-order valence-electron chi connectivity index (χ3n) is 4.44. The fourth-order valence-electron chi connectivity index (χ4n) is 3.13. The SMILES string of the molecule is Fc1ccc(C2=NN(c3ccccc3Cl)[C@@H](c3ccc(F)cc3)C2)cc1. The number of nitrogens with zero attached hydrogens (tertiary/aromatic N) is 2. The second-order valence-electron chi connectivity index (χ2n) is 6.12. The molecule has 0 radical (unpaired) electrons. The Hall–Kier alpha value is -2.72. The van der Waals surface area contributed by atoms with Crippen LogP contribution in [0.3, 0.4) is 0 Å². The molecule has 0 aromatic heterocycles. The highest BCUT2D eigenvalue weighted by atomic mass is 35.5. The lowest BCUT2D eigenvalue weighted by atomic mass is 9.98. The number of halogens is 3. The van der Waals surface area contributed by atoms with Crippen LogP contribution in [-0.2, 0) is 0 Å². The molecule has 0 unspecified atom stereocenters. The maximum Gasteiger partial charge on any atom is 0.123 e. The summed E-state index contributed by atoms with van der Waals surface area (Å²) in [5, 5.41) is 7.19. The van der Waals surface area contributed by atoms with Crippen molar-refractivity contribution in [3.8, 4) is 0 Å². The first-order valence-electron chi connectivity index (χ1n) is 8.24. The summed E-state index contributed by atoms with van der Waals surface area (Å²) in [4.78, 5) is 0. The Morgan fingerprint density at radius 3 is 2.12 bits per heavy atom. The van der Waals surface area contributed by atoms with E-state index in [9.17, 15) is 8.78 Å². The number of anilines is 1. The molecule has 0 bridgehead atoms. The fraction of sp³-hybridized carbons (Fsp3) is 0.0952. The van der Waals surface area contributed by atoms with E-state index in [2.05, 4.69) is 0 Å². The van der Waals surface area contributed by atoms with Gasteiger partial charge in [-0.1, -0.05) is 48.0 Å². The van der Waals surface area contributed by atoms with Crippen molar-refractivity contribution in [2.45, 2.75) is 12.5 Å². The number of benzene rings is 3. The van der Waals surface area contributed by atoms with Gasteiger partial charge in [-0.05, 0) is 47.5 Å². The molecule has 1 atom stereocenters. The van der Waals surface area contributed by atoms with Crippen molar-refractivity contribution >= 4 is 23.0 Å². The van der Waals surface area contributed by atoms with Gasteiger partial charge >= 0.3 is 0 Å². The second-order valence-corrected chi connectivity index (χ2v) is 6.53. The van der Waals surface area contributed by atoms with Crippen molar-refractivity contribution in [3.05, 3.63) is 101 Å². The minimum absolute atomic E-state index is 0.115. The monoisotopic (exact) mass is 368 g/mol. The van der Waals surface area contributed by atoms with Gasteiger partial charge in [0.1, 0.15) is 11.6 Å². The molecule has 130 valence electrons. The average molecular weight is 369 g/mol. The Bertz CT molecular complexity index is 953. The minimum atomic E-state index is -0.287. The zero-order chi connectivity index (χ0) is 18.1. The Morgan fingerprint density at radius 1 is 0.846 bits per heavy atom. The van der Waals surface area contributed by atoms with Crippen LogP contribution in [0, 0.1) is 11.6 Å². The van der Waals surface area contributed by atoms with E-state index in [1.165, 1.54) is 24.3 Å². The average Bonchev–Trinajstić information content (AvgIpc) is 3.08. The van der Waals surface area contributed by atoms with Crippen LogP contribution in [-0.4, -0.2) is 5.71 Å². The lowest BCUT2D eigenvalue weighted by molar-refractivity contribution is 0.624. The van der Waals surface area contributed by atoms with E-state index < -0.39 is 0 Å². The number of hydrogen-bond acceptors (Lipinski definition) is 2. The molecule has 0 fully saturated rings. The van der Waals surface area contributed by atoms with E-state index in [-0.39, 0.29) is 17.7 Å². The first-order valence-corrected chi connectivity index (χ1v) is 8.62. The first-order chi connectivity index (χ1) is 12.6. The van der Waals surface area contributed by atoms with Gasteiger partial charge in [0.15, 0.2) is 0 Å². The zero-order valence-electron chi connectivity index (χ0n) is 13.7. The Labute approximate surface area is 155 Å². The van der Waals surface area contributed by atoms with Gasteiger partial charge in [-0.25, -0.2) is 8.78 Å². The molecule has 0 amide bonds. The molecule has 1 aliphatic rings. The highest BCUT2D eigenvalue weighted by molar-refractivity contribution is 6.33. The van der Waals surface area contributed by atoms with Gasteiger partial charge in [0, 0.05) is 6.42 Å². The summed E-state index contributed by atoms with van der Waals surface area (Å²) >= 11 is 6.38. The van der Waals surface area contributed by atoms with Crippen LogP contribution in [0.5, 0.6) is 0 Å². The quantitative estimate of drug-likeness (QED) is 0.555. The molecule has 5 heteroatoms. The highest BCUT2D eigenvalue weighted by Crippen LogP contribution is 2.39. The third-order valence-corrected chi connectivity index (χ3v) is 4.76. The van der Waals surface area contributed by atoms with Gasteiger partial charge in [0.05, 0.1) is 22.5 Å². The van der Waals surface area contributed by atoms with Crippen LogP contribution in [0.2, 0.25) is 5.02 Å². The Morgan fingerprint density at radius 2 is 1.46 bits per heavy atom. The summed E-state index contributed by atoms with van der Waals surface area (Å²) in [5.74, 6) is -0.568. The fourth-order valence-corrected chi connectivity index (χ4v) is 3.35. The molecule has 0 aliphatic carbocycles. The van der Waals surface area contributed by atoms with Crippen LogP contribution in [0.4, 0.5) is 14.5 Å². The molecule has 1 heterocycles. The topological polar surface area (TPSA) is 15.6 Å². The normalized spacial score (nSPS) is 16.7. The van der Waals surface area contributed by atoms with Crippen LogP contribution in [0.25, 0.3) is 0 Å². The molecule has 3 aromatic rings. The summed E-state index contributed by atoms with van der Waals surface area (Å²) in [5.41, 5.74) is 3.40. The third kappa shape index (κ3) is 3.20. The van der Waals surface area contributed by atoms with Gasteiger partial charge in [-0.15, -0.1) is 0 Å². The van der Waals surface area contributed by atoms with Crippen molar-refractivity contribution in [3.63, 3.8) is 0 Å². The molecular weight excluding hydrogens is 354 g/mol. The summed E-state index contributed by atoms with van der Waals surface area (Å²) < 4.78 is 26.6. The van der Waals surface area contributed by atoms with Gasteiger partial charge in [0.25, 0.3) is 0 Å². The molecule has 0 saturated heterocycles. The summed E-state index contributed by atoms with van der Waals surface area (Å²) in [6.07, 6.45) is 0.614. The van der Waals surface area contributed by atoms with Gasteiger partial charge < -0.3 is 0 Å². The standard InChI is InChI=1S/C21H15ClF2N2/c22-18-3-1-2-4-20(18)26-21(15-7-11-17(24)12-8-15)13-19(25-26)14-5-9-16(23)10-6-14/h1-12,21H,13H2/t21-/m1/s1. The zero-order valence-corrected chi connectivity index (χ0v) is 14.5. The Balaban J connectivity index is 1.77. The molecule has 0 N–H and O–H groups in total. The van der Waals surface area contributed by atoms with Gasteiger partial charge in [-0.3, -0.25) is 5.01 Å². The lowest BCUT2D eigenvalue weighted by Crippen LogP contribution is -2.18. The molecule has 0 saturated carbocycles. The van der Waals surface area contributed by atoms with Crippen LogP contribution in [0.1, 0.15) is 23.6 Å². The van der Waals surface area contributed by atoms with Crippen molar-refractivity contribution < 1.29 is 8.78 Å². The first kappa shape index (κ1) is 16.7. The highest BCUT2D eigenvalue weighted by Gasteiger charge is 2.30. The van der Waals surface area contributed by atoms with Crippen LogP contribution in [0.15, 0.2) is 77.9 Å². The molecule has 3 aromatic carbocycles. The molecule has 26 heavy (non-hydrogen) atoms. The van der Waals surface area contributed by atoms with E-state index in [1.807, 2.05) is 29.3 Å². The molecule has 0 spiro atoms. The second kappa shape index (κ2) is 6.89. The molecular formula is C21H15ClF2N2. The van der Waals surface area contributed by atoms with E-state index in [4.69, 9.17) is 16.7 Å². The lowest BCUT2D eigenvalue weighted by Gasteiger charge is -2.24. The van der Waals surface area contributed by atoms with E-state index in [1.54, 1.807) is 24.3 Å². The number of hydrazone groups is 1. The number of para-hydroxylation sites is 1. The molecule has 4 rings (SSSR count). The maximum atomic E-state index is 13.3. The Kier molecular flexibility index (Phi) is 4.43. The van der Waals surface area contributed by atoms with E-state index in [0.717, 1.165) is 22.5 Å². The minimum Gasteiger partial charge on any atom is -0.256 e. The predicted octanol–water partition coefficient (Wildman–Crippen LogP) is 5.97. The van der Waals surface area contributed by atoms with Gasteiger partial charge in [0.2, 0.25) is 0 Å². The summed E-state index contributed by atoms with van der Waals surface area (Å²) in [7, 11) is 0. The summed E-state index contributed by atoms with van der Waals surface area (Å²) in [6.45, 7) is 0. The van der Waals surface area contributed by atoms with E-state index >= 15 is 0 Å². The molecule has 2 nitrogen and oxygen atoms in total. The van der Waals surface area contributed by atoms with Gasteiger partial charge in [-0.2, -0.15) is 5.10 Å². The van der Waals surface area contributed by atoms with Crippen molar-refractivity contribution in [1.82, 2.24) is 0 Å². The predicted molar refractivity (Wildman–Crippen MR) is 101 cm³/mol.